The van der Waals surface area contributed by atoms with Gasteiger partial charge in [0.05, 0.1) is 36.2 Å². The number of hydrogen-bond donors (Lipinski definition) is 4. The van der Waals surface area contributed by atoms with Crippen LogP contribution in [0.25, 0.3) is 0 Å². The smallest absolute Gasteiger partial charge is 0.407 e. The van der Waals surface area contributed by atoms with E-state index >= 15 is 0 Å². The van der Waals surface area contributed by atoms with Crippen LogP contribution in [0.2, 0.25) is 0 Å². The third-order valence-electron chi connectivity index (χ3n) is 6.79. The molecule has 1 amide bonds. The van der Waals surface area contributed by atoms with Gasteiger partial charge in [-0.3, -0.25) is 0 Å². The zero-order chi connectivity index (χ0) is 30.0. The Kier molecular flexibility index (Phi) is 12.4. The molecule has 2 fully saturated rings. The van der Waals surface area contributed by atoms with Crippen LogP contribution in [0.5, 0.6) is 0 Å². The zero-order valence-corrected chi connectivity index (χ0v) is 24.7. The quantitative estimate of drug-likeness (QED) is 0.287. The van der Waals surface area contributed by atoms with Crippen LogP contribution in [0.4, 0.5) is 10.5 Å². The van der Waals surface area contributed by atoms with E-state index in [1.165, 1.54) is 28.6 Å². The van der Waals surface area contributed by atoms with Crippen LogP contribution >= 0.6 is 0 Å². The number of anilines is 1. The molecular formula is C29H43N3O8S. The summed E-state index contributed by atoms with van der Waals surface area (Å²) < 4.78 is 44.9. The number of fused-ring (bicyclic) bond motifs is 1. The van der Waals surface area contributed by atoms with E-state index < -0.39 is 34.4 Å². The fraction of sp³-hybridized carbons (Fsp3) is 0.552. The van der Waals surface area contributed by atoms with Gasteiger partial charge in [0.15, 0.2) is 6.29 Å². The molecule has 0 aliphatic carbocycles. The number of nitrogens with one attached hydrogen (secondary N) is 1. The number of sulfonamides is 1. The average Bonchev–Trinajstić information content (AvgIpc) is 3.54. The Labute approximate surface area is 242 Å². The summed E-state index contributed by atoms with van der Waals surface area (Å²) in [6.45, 7) is 6.51. The molecule has 0 spiro atoms. The Hall–Kier alpha value is -2.74. The van der Waals surface area contributed by atoms with Crippen LogP contribution in [0, 0.1) is 11.8 Å². The van der Waals surface area contributed by atoms with E-state index in [1.54, 1.807) is 6.92 Å². The fourth-order valence-corrected chi connectivity index (χ4v) is 6.45. The van der Waals surface area contributed by atoms with Gasteiger partial charge in [0.25, 0.3) is 0 Å². The van der Waals surface area contributed by atoms with E-state index in [-0.39, 0.29) is 55.7 Å². The summed E-state index contributed by atoms with van der Waals surface area (Å²) >= 11 is 0. The number of nitrogens with two attached hydrogens (primary N) is 1. The minimum atomic E-state index is -3.93. The first-order chi connectivity index (χ1) is 19.5. The molecule has 228 valence electrons. The van der Waals surface area contributed by atoms with Crippen molar-refractivity contribution in [1.82, 2.24) is 9.62 Å². The molecule has 2 aromatic carbocycles. The molecular weight excluding hydrogens is 550 g/mol. The van der Waals surface area contributed by atoms with Gasteiger partial charge in [0.1, 0.15) is 6.10 Å². The lowest BCUT2D eigenvalue weighted by Gasteiger charge is -2.31. The highest BCUT2D eigenvalue weighted by Gasteiger charge is 2.44. The molecule has 11 nitrogen and oxygen atoms in total. The summed E-state index contributed by atoms with van der Waals surface area (Å²) in [5, 5.41) is 21.7. The lowest BCUT2D eigenvalue weighted by molar-refractivity contribution is -0.0907. The van der Waals surface area contributed by atoms with E-state index in [1.807, 2.05) is 44.2 Å². The zero-order valence-electron chi connectivity index (χ0n) is 23.9. The Balaban J connectivity index is 0.00000147. The number of aliphatic hydroxyl groups excluding tert-OH is 2. The number of aliphatic hydroxyl groups is 2. The number of carbonyl (C=O) groups is 1. The molecule has 0 aromatic heterocycles. The summed E-state index contributed by atoms with van der Waals surface area (Å²) in [6, 6.07) is 14.5. The van der Waals surface area contributed by atoms with Crippen molar-refractivity contribution >= 4 is 21.8 Å². The number of alkyl carbamates (subject to hydrolysis) is 1. The molecule has 5 atom stereocenters. The van der Waals surface area contributed by atoms with Crippen molar-refractivity contribution in [3.05, 3.63) is 60.2 Å². The predicted octanol–water partition coefficient (Wildman–Crippen LogP) is 2.37. The lowest BCUT2D eigenvalue weighted by atomic mass is 10.0. The minimum Gasteiger partial charge on any atom is -0.443 e. The largest absolute Gasteiger partial charge is 0.443 e. The van der Waals surface area contributed by atoms with Crippen LogP contribution in [0.1, 0.15) is 32.8 Å². The van der Waals surface area contributed by atoms with Crippen LogP contribution in [0.3, 0.4) is 0 Å². The van der Waals surface area contributed by atoms with Gasteiger partial charge in [-0.25, -0.2) is 13.2 Å². The van der Waals surface area contributed by atoms with Gasteiger partial charge in [-0.1, -0.05) is 44.2 Å². The number of hydrogen-bond acceptors (Lipinski definition) is 9. The summed E-state index contributed by atoms with van der Waals surface area (Å²) in [4.78, 5) is 13.0. The maximum Gasteiger partial charge on any atom is 0.407 e. The van der Waals surface area contributed by atoms with Gasteiger partial charge < -0.3 is 35.5 Å². The van der Waals surface area contributed by atoms with Gasteiger partial charge >= 0.3 is 6.09 Å². The first kappa shape index (κ1) is 32.8. The number of nitrogen functional groups attached to an aromatic ring is 1. The van der Waals surface area contributed by atoms with Gasteiger partial charge in [0.2, 0.25) is 10.0 Å². The van der Waals surface area contributed by atoms with Gasteiger partial charge in [0, 0.05) is 25.4 Å². The Morgan fingerprint density at radius 2 is 1.78 bits per heavy atom. The highest BCUT2D eigenvalue weighted by Crippen LogP contribution is 2.33. The van der Waals surface area contributed by atoms with Gasteiger partial charge in [-0.15, -0.1) is 0 Å². The molecule has 5 N–H and O–H groups in total. The monoisotopic (exact) mass is 593 g/mol. The normalized spacial score (nSPS) is 21.6. The summed E-state index contributed by atoms with van der Waals surface area (Å²) in [6.07, 6.45) is -1.69. The van der Waals surface area contributed by atoms with E-state index in [0.29, 0.717) is 12.3 Å². The van der Waals surface area contributed by atoms with Crippen LogP contribution in [-0.4, -0.2) is 86.5 Å². The molecule has 0 saturated carbocycles. The number of ether oxygens (including phenoxy) is 3. The number of nitrogens with zero attached hydrogens (tertiary/aromatic N) is 1. The summed E-state index contributed by atoms with van der Waals surface area (Å²) in [5.74, 6) is -0.0231. The van der Waals surface area contributed by atoms with Crippen molar-refractivity contribution in [1.29, 1.82) is 0 Å². The molecule has 0 bridgehead atoms. The van der Waals surface area contributed by atoms with Crippen LogP contribution in [-0.2, 0) is 30.7 Å². The Morgan fingerprint density at radius 3 is 2.41 bits per heavy atom. The molecule has 1 unspecified atom stereocenters. The Morgan fingerprint density at radius 1 is 1.12 bits per heavy atom. The molecule has 2 saturated heterocycles. The number of carbonyl (C=O) groups excluding carboxylic acids is 1. The molecule has 12 heteroatoms. The SMILES string of the molecule is CC(C)CN(CC(O)[C@H](Cc1ccccc1)NC(=O)O[C@H]1CO[C@H]2OCC[C@H]21)S(=O)(=O)c1ccc(N)cc1.CCO. The van der Waals surface area contributed by atoms with E-state index in [4.69, 9.17) is 25.1 Å². The topological polar surface area (TPSA) is 161 Å². The van der Waals surface area contributed by atoms with E-state index in [9.17, 15) is 18.3 Å². The second-order valence-electron chi connectivity index (χ2n) is 10.6. The van der Waals surface area contributed by atoms with Crippen molar-refractivity contribution in [2.75, 3.05) is 38.6 Å². The van der Waals surface area contributed by atoms with E-state index in [2.05, 4.69) is 5.32 Å². The minimum absolute atomic E-state index is 0.000183. The maximum absolute atomic E-state index is 13.5. The predicted molar refractivity (Wildman–Crippen MR) is 154 cm³/mol. The average molecular weight is 594 g/mol. The molecule has 0 radical (unpaired) electrons. The standard InChI is InChI=1S/C27H37N3O7S.C2H6O/c1-18(2)15-30(38(33,34)21-10-8-20(28)9-11-21)16-24(31)23(14-19-6-4-3-5-7-19)29-27(32)37-25-17-36-26-22(25)12-13-35-26;1-2-3/h3-11,18,22-26,31H,12-17,28H2,1-2H3,(H,29,32);3H,2H2,1H3/t22-,23-,24?,25-,26+;/m0./s1. The van der Waals surface area contributed by atoms with Crippen molar-refractivity contribution in [2.24, 2.45) is 11.8 Å². The Bertz CT molecular complexity index is 1180. The van der Waals surface area contributed by atoms with Crippen LogP contribution in [0.15, 0.2) is 59.5 Å². The highest BCUT2D eigenvalue weighted by atomic mass is 32.2. The van der Waals surface area contributed by atoms with Crippen molar-refractivity contribution in [2.45, 2.75) is 63.0 Å². The number of rotatable bonds is 11. The molecule has 2 heterocycles. The van der Waals surface area contributed by atoms with Crippen LogP contribution < -0.4 is 11.1 Å². The second-order valence-corrected chi connectivity index (χ2v) is 12.5. The fourth-order valence-electron chi connectivity index (χ4n) is 4.82. The van der Waals surface area contributed by atoms with Gasteiger partial charge in [-0.2, -0.15) is 4.31 Å². The second kappa shape index (κ2) is 15.5. The summed E-state index contributed by atoms with van der Waals surface area (Å²) in [5.41, 5.74) is 7.07. The highest BCUT2D eigenvalue weighted by molar-refractivity contribution is 7.89. The first-order valence-electron chi connectivity index (χ1n) is 13.9. The molecule has 4 rings (SSSR count). The number of benzene rings is 2. The molecule has 2 aliphatic rings. The third kappa shape index (κ3) is 9.38. The first-order valence-corrected chi connectivity index (χ1v) is 15.4. The van der Waals surface area contributed by atoms with Crippen molar-refractivity contribution in [3.8, 4) is 0 Å². The van der Waals surface area contributed by atoms with Crippen molar-refractivity contribution in [3.63, 3.8) is 0 Å². The lowest BCUT2D eigenvalue weighted by Crippen LogP contribution is -2.51. The molecule has 41 heavy (non-hydrogen) atoms. The van der Waals surface area contributed by atoms with Crippen molar-refractivity contribution < 1.29 is 37.6 Å². The third-order valence-corrected chi connectivity index (χ3v) is 8.63. The molecule has 2 aliphatic heterocycles. The maximum atomic E-state index is 13.5. The van der Waals surface area contributed by atoms with E-state index in [0.717, 1.165) is 12.0 Å². The van der Waals surface area contributed by atoms with Gasteiger partial charge in [-0.05, 0) is 55.5 Å². The summed E-state index contributed by atoms with van der Waals surface area (Å²) in [7, 11) is -3.93. The molecule has 2 aromatic rings. The number of amides is 1.